The summed E-state index contributed by atoms with van der Waals surface area (Å²) in [7, 11) is 0. The molecule has 0 aliphatic carbocycles. The molecule has 0 aliphatic heterocycles. The Labute approximate surface area is 128 Å². The Hall–Kier alpha value is -3.62. The molecule has 0 fully saturated rings. The van der Waals surface area contributed by atoms with Gasteiger partial charge in [0.1, 0.15) is 0 Å². The van der Waals surface area contributed by atoms with E-state index in [4.69, 9.17) is 4.42 Å². The van der Waals surface area contributed by atoms with Crippen molar-refractivity contribution < 1.29 is 14.3 Å². The highest BCUT2D eigenvalue weighted by molar-refractivity contribution is 5.61. The lowest BCUT2D eigenvalue weighted by molar-refractivity contribution is -0.385. The number of rotatable bonds is 4. The molecule has 0 saturated carbocycles. The molecule has 3 aromatic rings. The van der Waals surface area contributed by atoms with Crippen molar-refractivity contribution in [3.05, 3.63) is 68.8 Å². The average molecular weight is 312 g/mol. The van der Waals surface area contributed by atoms with Crippen molar-refractivity contribution in [1.29, 1.82) is 0 Å². The molecule has 0 radical (unpaired) electrons. The van der Waals surface area contributed by atoms with E-state index in [9.17, 15) is 20.2 Å². The molecule has 0 bridgehead atoms. The molecule has 1 heterocycles. The van der Waals surface area contributed by atoms with Crippen LogP contribution in [-0.2, 0) is 0 Å². The Bertz CT molecular complexity index is 888. The second-order valence-corrected chi connectivity index (χ2v) is 4.52. The van der Waals surface area contributed by atoms with E-state index in [1.165, 1.54) is 42.5 Å². The largest absolute Gasteiger partial charge is 0.416 e. The van der Waals surface area contributed by atoms with E-state index < -0.39 is 9.85 Å². The molecule has 0 atom stereocenters. The van der Waals surface area contributed by atoms with Gasteiger partial charge in [-0.3, -0.25) is 20.2 Å². The predicted octanol–water partition coefficient (Wildman–Crippen LogP) is 3.22. The van der Waals surface area contributed by atoms with E-state index in [2.05, 4.69) is 10.2 Å². The van der Waals surface area contributed by atoms with Crippen LogP contribution >= 0.6 is 0 Å². The second kappa shape index (κ2) is 5.64. The number of aromatic nitrogens is 2. The molecule has 2 aromatic carbocycles. The van der Waals surface area contributed by atoms with E-state index in [1.54, 1.807) is 6.07 Å². The summed E-state index contributed by atoms with van der Waals surface area (Å²) in [6, 6.07) is 11.4. The van der Waals surface area contributed by atoms with Crippen LogP contribution in [0.2, 0.25) is 0 Å². The number of hydrogen-bond donors (Lipinski definition) is 0. The molecule has 0 unspecified atom stereocenters. The standard InChI is InChI=1S/C14H8N4O5/c19-17(20)11-6-4-9(5-7-11)13-15-16-14(23-13)10-2-1-3-12(8-10)18(21)22/h1-8H. The molecule has 114 valence electrons. The van der Waals surface area contributed by atoms with Crippen molar-refractivity contribution in [3.63, 3.8) is 0 Å². The van der Waals surface area contributed by atoms with Crippen LogP contribution in [0.25, 0.3) is 22.9 Å². The van der Waals surface area contributed by atoms with Crippen LogP contribution in [0.5, 0.6) is 0 Å². The fraction of sp³-hybridized carbons (Fsp3) is 0. The summed E-state index contributed by atoms with van der Waals surface area (Å²) in [4.78, 5) is 20.4. The van der Waals surface area contributed by atoms with Crippen LogP contribution in [0.15, 0.2) is 52.9 Å². The highest BCUT2D eigenvalue weighted by Crippen LogP contribution is 2.27. The first-order chi connectivity index (χ1) is 11.0. The van der Waals surface area contributed by atoms with Crippen molar-refractivity contribution in [3.8, 4) is 22.9 Å². The van der Waals surface area contributed by atoms with Gasteiger partial charge in [-0.05, 0) is 18.2 Å². The molecule has 0 saturated heterocycles. The summed E-state index contributed by atoms with van der Waals surface area (Å²) in [5.41, 5.74) is 0.796. The number of nitrogens with zero attached hydrogens (tertiary/aromatic N) is 4. The topological polar surface area (TPSA) is 125 Å². The minimum absolute atomic E-state index is 0.0489. The van der Waals surface area contributed by atoms with Gasteiger partial charge in [0.2, 0.25) is 11.8 Å². The van der Waals surface area contributed by atoms with E-state index in [-0.39, 0.29) is 23.2 Å². The maximum atomic E-state index is 10.8. The molecule has 9 nitrogen and oxygen atoms in total. The Balaban J connectivity index is 1.92. The minimum Gasteiger partial charge on any atom is -0.416 e. The van der Waals surface area contributed by atoms with E-state index in [1.807, 2.05) is 0 Å². The van der Waals surface area contributed by atoms with Crippen molar-refractivity contribution in [1.82, 2.24) is 10.2 Å². The zero-order chi connectivity index (χ0) is 16.4. The van der Waals surface area contributed by atoms with Crippen LogP contribution in [0, 0.1) is 20.2 Å². The number of nitro groups is 2. The van der Waals surface area contributed by atoms with E-state index in [0.29, 0.717) is 11.1 Å². The van der Waals surface area contributed by atoms with Crippen molar-refractivity contribution in [2.45, 2.75) is 0 Å². The normalized spacial score (nSPS) is 10.4. The van der Waals surface area contributed by atoms with Gasteiger partial charge in [0, 0.05) is 35.4 Å². The second-order valence-electron chi connectivity index (χ2n) is 4.52. The summed E-state index contributed by atoms with van der Waals surface area (Å²) < 4.78 is 5.48. The first kappa shape index (κ1) is 14.3. The Morgan fingerprint density at radius 3 is 2.00 bits per heavy atom. The molecule has 9 heteroatoms. The molecule has 0 spiro atoms. The average Bonchev–Trinajstić information content (AvgIpc) is 3.05. The van der Waals surface area contributed by atoms with Crippen LogP contribution in [0.4, 0.5) is 11.4 Å². The number of hydrogen-bond acceptors (Lipinski definition) is 7. The zero-order valence-electron chi connectivity index (χ0n) is 11.4. The molecule has 23 heavy (non-hydrogen) atoms. The van der Waals surface area contributed by atoms with Gasteiger partial charge in [-0.15, -0.1) is 10.2 Å². The van der Waals surface area contributed by atoms with Crippen molar-refractivity contribution >= 4 is 11.4 Å². The third-order valence-corrected chi connectivity index (χ3v) is 3.05. The van der Waals surface area contributed by atoms with Gasteiger partial charge in [0.05, 0.1) is 9.85 Å². The molecule has 0 amide bonds. The van der Waals surface area contributed by atoms with Crippen LogP contribution in [-0.4, -0.2) is 20.0 Å². The first-order valence-electron chi connectivity index (χ1n) is 6.38. The number of nitro benzene ring substituents is 2. The quantitative estimate of drug-likeness (QED) is 0.534. The van der Waals surface area contributed by atoms with E-state index in [0.717, 1.165) is 0 Å². The Kier molecular flexibility index (Phi) is 3.51. The SMILES string of the molecule is O=[N+]([O-])c1ccc(-c2nnc(-c3cccc([N+](=O)[O-])c3)o2)cc1. The Morgan fingerprint density at radius 1 is 0.783 bits per heavy atom. The lowest BCUT2D eigenvalue weighted by Crippen LogP contribution is -1.88. The van der Waals surface area contributed by atoms with Crippen LogP contribution < -0.4 is 0 Å². The van der Waals surface area contributed by atoms with E-state index >= 15 is 0 Å². The molecular formula is C14H8N4O5. The summed E-state index contributed by atoms with van der Waals surface area (Å²) in [6.07, 6.45) is 0. The monoisotopic (exact) mass is 312 g/mol. The van der Waals surface area contributed by atoms with Crippen LogP contribution in [0.3, 0.4) is 0 Å². The zero-order valence-corrected chi connectivity index (χ0v) is 11.4. The van der Waals surface area contributed by atoms with Gasteiger partial charge in [0.25, 0.3) is 11.4 Å². The van der Waals surface area contributed by atoms with Gasteiger partial charge in [-0.25, -0.2) is 0 Å². The molecule has 3 rings (SSSR count). The lowest BCUT2D eigenvalue weighted by atomic mass is 10.2. The number of benzene rings is 2. The highest BCUT2D eigenvalue weighted by atomic mass is 16.6. The third kappa shape index (κ3) is 2.88. The number of non-ortho nitro benzene ring substituents is 2. The van der Waals surface area contributed by atoms with Gasteiger partial charge in [-0.2, -0.15) is 0 Å². The van der Waals surface area contributed by atoms with Gasteiger partial charge in [0.15, 0.2) is 0 Å². The summed E-state index contributed by atoms with van der Waals surface area (Å²) >= 11 is 0. The van der Waals surface area contributed by atoms with Gasteiger partial charge < -0.3 is 4.42 Å². The fourth-order valence-electron chi connectivity index (χ4n) is 1.93. The van der Waals surface area contributed by atoms with Crippen molar-refractivity contribution in [2.75, 3.05) is 0 Å². The summed E-state index contributed by atoms with van der Waals surface area (Å²) in [6.45, 7) is 0. The summed E-state index contributed by atoms with van der Waals surface area (Å²) in [5.74, 6) is 0.295. The smallest absolute Gasteiger partial charge is 0.270 e. The maximum Gasteiger partial charge on any atom is 0.270 e. The highest BCUT2D eigenvalue weighted by Gasteiger charge is 2.14. The van der Waals surface area contributed by atoms with Gasteiger partial charge in [-0.1, -0.05) is 6.07 Å². The van der Waals surface area contributed by atoms with Crippen LogP contribution in [0.1, 0.15) is 0 Å². The molecule has 0 aliphatic rings. The maximum absolute atomic E-state index is 10.8. The van der Waals surface area contributed by atoms with Crippen molar-refractivity contribution in [2.24, 2.45) is 0 Å². The first-order valence-corrected chi connectivity index (χ1v) is 6.38. The predicted molar refractivity (Wildman–Crippen MR) is 78.5 cm³/mol. The molecular weight excluding hydrogens is 304 g/mol. The Morgan fingerprint density at radius 2 is 1.39 bits per heavy atom. The third-order valence-electron chi connectivity index (χ3n) is 3.05. The minimum atomic E-state index is -0.517. The molecule has 0 N–H and O–H groups in total. The van der Waals surface area contributed by atoms with Gasteiger partial charge >= 0.3 is 0 Å². The lowest BCUT2D eigenvalue weighted by Gasteiger charge is -1.96. The fourth-order valence-corrected chi connectivity index (χ4v) is 1.93. The molecule has 1 aromatic heterocycles. The summed E-state index contributed by atoms with van der Waals surface area (Å²) in [5, 5.41) is 29.1.